The van der Waals surface area contributed by atoms with Crippen molar-refractivity contribution < 1.29 is 4.74 Å². The van der Waals surface area contributed by atoms with E-state index < -0.39 is 0 Å². The van der Waals surface area contributed by atoms with Crippen molar-refractivity contribution in [2.24, 2.45) is 17.6 Å². The Morgan fingerprint density at radius 2 is 1.96 bits per heavy atom. The Labute approximate surface area is 171 Å². The van der Waals surface area contributed by atoms with Gasteiger partial charge in [0.1, 0.15) is 5.75 Å². The van der Waals surface area contributed by atoms with Crippen LogP contribution < -0.4 is 10.5 Å². The molecule has 0 radical (unpaired) electrons. The second-order valence-corrected chi connectivity index (χ2v) is 8.93. The van der Waals surface area contributed by atoms with E-state index in [1.165, 1.54) is 61.8 Å². The van der Waals surface area contributed by atoms with E-state index in [-0.39, 0.29) is 5.96 Å². The molecule has 2 fully saturated rings. The first-order chi connectivity index (χ1) is 13.0. The Morgan fingerprint density at radius 1 is 1.22 bits per heavy atom. The fourth-order valence-corrected chi connectivity index (χ4v) is 4.90. The molecule has 0 amide bonds. The zero-order valence-corrected chi connectivity index (χ0v) is 18.0. The summed E-state index contributed by atoms with van der Waals surface area (Å²) in [6.07, 6.45) is 7.39. The molecule has 0 saturated carbocycles. The van der Waals surface area contributed by atoms with Crippen LogP contribution in [0.4, 0.5) is 0 Å². The fraction of sp³-hybridized carbons (Fsp3) is 0.667. The normalized spacial score (nSPS) is 21.6. The lowest BCUT2D eigenvalue weighted by Crippen LogP contribution is -2.42. The average Bonchev–Trinajstić information content (AvgIpc) is 3.11. The monoisotopic (exact) mass is 436 g/mol. The van der Waals surface area contributed by atoms with Crippen LogP contribution in [-0.4, -0.2) is 55.6 Å². The number of piperidine rings is 1. The number of benzene rings is 1. The van der Waals surface area contributed by atoms with Crippen LogP contribution in [0.25, 0.3) is 0 Å². The van der Waals surface area contributed by atoms with Gasteiger partial charge in [-0.25, -0.2) is 0 Å². The maximum atomic E-state index is 7.53. The lowest BCUT2D eigenvalue weighted by molar-refractivity contribution is 0.236. The Kier molecular flexibility index (Phi) is 7.41. The number of methoxy groups -OCH3 is 1. The van der Waals surface area contributed by atoms with Gasteiger partial charge in [0.15, 0.2) is 5.96 Å². The highest BCUT2D eigenvalue weighted by Crippen LogP contribution is 2.29. The molecule has 2 saturated heterocycles. The number of nitrogens with one attached hydrogen (secondary N) is 1. The number of ether oxygens (including phenoxy) is 1. The lowest BCUT2D eigenvalue weighted by Gasteiger charge is -2.32. The van der Waals surface area contributed by atoms with Gasteiger partial charge in [0.2, 0.25) is 0 Å². The molecule has 1 unspecified atom stereocenters. The molecule has 1 atom stereocenters. The highest BCUT2D eigenvalue weighted by Gasteiger charge is 2.24. The van der Waals surface area contributed by atoms with E-state index in [0.29, 0.717) is 0 Å². The summed E-state index contributed by atoms with van der Waals surface area (Å²) in [6, 6.07) is 6.27. The van der Waals surface area contributed by atoms with E-state index in [4.69, 9.17) is 15.9 Å². The minimum atomic E-state index is 0.235. The van der Waals surface area contributed by atoms with Crippen LogP contribution in [0.5, 0.6) is 5.75 Å². The predicted molar refractivity (Wildman–Crippen MR) is 114 cm³/mol. The summed E-state index contributed by atoms with van der Waals surface area (Å²) in [5.41, 5.74) is 6.94. The van der Waals surface area contributed by atoms with Gasteiger partial charge < -0.3 is 20.3 Å². The fourth-order valence-electron chi connectivity index (χ4n) is 4.49. The third kappa shape index (κ3) is 5.85. The number of guanidine groups is 1. The molecule has 0 aromatic heterocycles. The maximum Gasteiger partial charge on any atom is 0.188 e. The number of nitrogens with two attached hydrogens (primary N) is 1. The molecule has 3 N–H and O–H groups in total. The van der Waals surface area contributed by atoms with Crippen molar-refractivity contribution in [3.8, 4) is 5.75 Å². The Balaban J connectivity index is 1.36. The number of likely N-dealkylation sites (tertiary alicyclic amines) is 2. The largest absolute Gasteiger partial charge is 0.497 e. The molecule has 2 heterocycles. The van der Waals surface area contributed by atoms with Gasteiger partial charge in [-0.15, -0.1) is 0 Å². The van der Waals surface area contributed by atoms with E-state index in [0.717, 1.165) is 37.1 Å². The molecule has 27 heavy (non-hydrogen) atoms. The van der Waals surface area contributed by atoms with Crippen molar-refractivity contribution in [2.75, 3.05) is 39.8 Å². The Morgan fingerprint density at radius 3 is 2.67 bits per heavy atom. The highest BCUT2D eigenvalue weighted by atomic mass is 79.9. The minimum absolute atomic E-state index is 0.235. The van der Waals surface area contributed by atoms with Crippen LogP contribution >= 0.6 is 15.9 Å². The first-order valence-electron chi connectivity index (χ1n) is 10.2. The molecule has 5 nitrogen and oxygen atoms in total. The zero-order valence-electron chi connectivity index (χ0n) is 16.4. The van der Waals surface area contributed by atoms with E-state index in [2.05, 4.69) is 33.0 Å². The van der Waals surface area contributed by atoms with E-state index in [9.17, 15) is 0 Å². The van der Waals surface area contributed by atoms with Gasteiger partial charge >= 0.3 is 0 Å². The summed E-state index contributed by atoms with van der Waals surface area (Å²) < 4.78 is 6.57. The summed E-state index contributed by atoms with van der Waals surface area (Å²) in [6.45, 7) is 5.59. The van der Waals surface area contributed by atoms with Gasteiger partial charge in [0, 0.05) is 24.1 Å². The van der Waals surface area contributed by atoms with Gasteiger partial charge in [0.05, 0.1) is 7.11 Å². The molecule has 1 aromatic carbocycles. The van der Waals surface area contributed by atoms with E-state index in [1.807, 2.05) is 11.0 Å². The number of rotatable bonds is 7. The van der Waals surface area contributed by atoms with Crippen molar-refractivity contribution in [2.45, 2.75) is 38.5 Å². The summed E-state index contributed by atoms with van der Waals surface area (Å²) in [5, 5.41) is 7.53. The topological polar surface area (TPSA) is 65.6 Å². The predicted octanol–water partition coefficient (Wildman–Crippen LogP) is 3.71. The Hall–Kier alpha value is -1.27. The molecule has 3 rings (SSSR count). The smallest absolute Gasteiger partial charge is 0.188 e. The second-order valence-electron chi connectivity index (χ2n) is 8.07. The number of halogens is 1. The molecule has 0 spiro atoms. The van der Waals surface area contributed by atoms with Gasteiger partial charge in [-0.1, -0.05) is 15.9 Å². The third-order valence-electron chi connectivity index (χ3n) is 6.17. The minimum Gasteiger partial charge on any atom is -0.497 e. The molecule has 6 heteroatoms. The van der Waals surface area contributed by atoms with Crippen LogP contribution in [0.3, 0.4) is 0 Å². The first kappa shape index (κ1) is 20.5. The van der Waals surface area contributed by atoms with Crippen LogP contribution in [-0.2, 0) is 6.42 Å². The number of hydrogen-bond donors (Lipinski definition) is 2. The number of hydrogen-bond acceptors (Lipinski definition) is 3. The summed E-state index contributed by atoms with van der Waals surface area (Å²) >= 11 is 3.69. The SMILES string of the molecule is COc1ccc(Br)c(CC2CCN(CCCC3CCN(C(=N)N)CC3)C2)c1. The zero-order chi connectivity index (χ0) is 19.2. The summed E-state index contributed by atoms with van der Waals surface area (Å²) in [5.74, 6) is 2.73. The van der Waals surface area contributed by atoms with Gasteiger partial charge in [0.25, 0.3) is 0 Å². The molecule has 2 aliphatic heterocycles. The molecular weight excluding hydrogens is 404 g/mol. The standard InChI is InChI=1S/C21H33BrN4O/c1-27-19-4-5-20(22)18(14-19)13-17-6-10-25(15-17)9-2-3-16-7-11-26(12-8-16)21(23)24/h4-5,14,16-17H,2-3,6-13,15H2,1H3,(H3,23,24). The van der Waals surface area contributed by atoms with Gasteiger partial charge in [-0.05, 0) is 87.2 Å². The molecule has 1 aromatic rings. The molecule has 2 aliphatic rings. The quantitative estimate of drug-likeness (QED) is 0.504. The van der Waals surface area contributed by atoms with Crippen molar-refractivity contribution in [3.05, 3.63) is 28.2 Å². The first-order valence-corrected chi connectivity index (χ1v) is 11.0. The molecular formula is C21H33BrN4O. The van der Waals surface area contributed by atoms with Crippen molar-refractivity contribution in [3.63, 3.8) is 0 Å². The average molecular weight is 437 g/mol. The maximum absolute atomic E-state index is 7.53. The Bertz CT molecular complexity index is 631. The van der Waals surface area contributed by atoms with Crippen LogP contribution in [0, 0.1) is 17.2 Å². The third-order valence-corrected chi connectivity index (χ3v) is 6.95. The summed E-state index contributed by atoms with van der Waals surface area (Å²) in [7, 11) is 1.73. The van der Waals surface area contributed by atoms with Crippen LogP contribution in [0.15, 0.2) is 22.7 Å². The molecule has 0 bridgehead atoms. The van der Waals surface area contributed by atoms with E-state index >= 15 is 0 Å². The van der Waals surface area contributed by atoms with Gasteiger partial charge in [-0.2, -0.15) is 0 Å². The van der Waals surface area contributed by atoms with Gasteiger partial charge in [-0.3, -0.25) is 5.41 Å². The van der Waals surface area contributed by atoms with Crippen molar-refractivity contribution >= 4 is 21.9 Å². The van der Waals surface area contributed by atoms with Crippen LogP contribution in [0.2, 0.25) is 0 Å². The lowest BCUT2D eigenvalue weighted by atomic mass is 9.92. The van der Waals surface area contributed by atoms with Crippen LogP contribution in [0.1, 0.15) is 37.7 Å². The second kappa shape index (κ2) is 9.78. The number of nitrogens with zero attached hydrogens (tertiary/aromatic N) is 2. The van der Waals surface area contributed by atoms with E-state index in [1.54, 1.807) is 7.11 Å². The van der Waals surface area contributed by atoms with Crippen molar-refractivity contribution in [1.82, 2.24) is 9.80 Å². The highest BCUT2D eigenvalue weighted by molar-refractivity contribution is 9.10. The molecule has 0 aliphatic carbocycles. The molecule has 150 valence electrons. The van der Waals surface area contributed by atoms with Crippen molar-refractivity contribution in [1.29, 1.82) is 5.41 Å². The summed E-state index contributed by atoms with van der Waals surface area (Å²) in [4.78, 5) is 4.64.